The number of pyridine rings is 1. The molecule has 2 rings (SSSR count). The van der Waals surface area contributed by atoms with Crippen molar-refractivity contribution in [1.82, 2.24) is 4.57 Å². The lowest BCUT2D eigenvalue weighted by atomic mass is 10.1. The molecular weight excluding hydrogens is 252 g/mol. The molecule has 1 heterocycles. The lowest BCUT2D eigenvalue weighted by molar-refractivity contribution is 0.433. The standard InChI is InChI=1S/C13H9ClN2O2/c1-8-5-12(17)16(13(18)11(8)7-15)10-4-2-3-9(14)6-10/h2-6,18H,1H3. The second-order valence-corrected chi connectivity index (χ2v) is 4.23. The maximum Gasteiger partial charge on any atom is 0.258 e. The summed E-state index contributed by atoms with van der Waals surface area (Å²) >= 11 is 5.84. The van der Waals surface area contributed by atoms with Crippen LogP contribution in [0.15, 0.2) is 35.1 Å². The van der Waals surface area contributed by atoms with Crippen LogP contribution in [0.1, 0.15) is 11.1 Å². The molecule has 0 bridgehead atoms. The van der Waals surface area contributed by atoms with Crippen molar-refractivity contribution in [2.75, 3.05) is 0 Å². The van der Waals surface area contributed by atoms with Crippen LogP contribution >= 0.6 is 11.6 Å². The third kappa shape index (κ3) is 1.96. The third-order valence-corrected chi connectivity index (χ3v) is 2.80. The minimum atomic E-state index is -0.411. The zero-order valence-corrected chi connectivity index (χ0v) is 10.3. The molecule has 0 aliphatic heterocycles. The van der Waals surface area contributed by atoms with Crippen LogP contribution in [-0.2, 0) is 0 Å². The Hall–Kier alpha value is -2.25. The maximum atomic E-state index is 11.9. The van der Waals surface area contributed by atoms with Crippen molar-refractivity contribution >= 4 is 11.6 Å². The van der Waals surface area contributed by atoms with Crippen LogP contribution in [-0.4, -0.2) is 9.67 Å². The molecule has 0 aliphatic rings. The number of halogens is 1. The highest BCUT2D eigenvalue weighted by Gasteiger charge is 2.13. The van der Waals surface area contributed by atoms with Crippen LogP contribution < -0.4 is 5.56 Å². The van der Waals surface area contributed by atoms with Gasteiger partial charge in [0.25, 0.3) is 5.56 Å². The monoisotopic (exact) mass is 260 g/mol. The Morgan fingerprint density at radius 1 is 1.39 bits per heavy atom. The first-order valence-electron chi connectivity index (χ1n) is 5.16. The van der Waals surface area contributed by atoms with Gasteiger partial charge in [0.05, 0.1) is 5.69 Å². The average Bonchev–Trinajstić information content (AvgIpc) is 2.28. The summed E-state index contributed by atoms with van der Waals surface area (Å²) in [5.74, 6) is -0.371. The fourth-order valence-corrected chi connectivity index (χ4v) is 1.90. The highest BCUT2D eigenvalue weighted by Crippen LogP contribution is 2.22. The first kappa shape index (κ1) is 12.2. The number of hydrogen-bond acceptors (Lipinski definition) is 3. The molecule has 0 saturated carbocycles. The quantitative estimate of drug-likeness (QED) is 0.856. The van der Waals surface area contributed by atoms with Gasteiger partial charge in [-0.25, -0.2) is 4.57 Å². The molecular formula is C13H9ClN2O2. The van der Waals surface area contributed by atoms with Gasteiger partial charge in [-0.3, -0.25) is 4.79 Å². The molecule has 4 nitrogen and oxygen atoms in total. The molecule has 18 heavy (non-hydrogen) atoms. The summed E-state index contributed by atoms with van der Waals surface area (Å²) in [6.45, 7) is 1.60. The van der Waals surface area contributed by atoms with Gasteiger partial charge in [-0.1, -0.05) is 17.7 Å². The van der Waals surface area contributed by atoms with Crippen LogP contribution in [0.2, 0.25) is 5.02 Å². The number of nitriles is 1. The van der Waals surface area contributed by atoms with Crippen LogP contribution in [0.3, 0.4) is 0 Å². The Bertz CT molecular complexity index is 714. The molecule has 0 fully saturated rings. The van der Waals surface area contributed by atoms with Gasteiger partial charge >= 0.3 is 0 Å². The molecule has 5 heteroatoms. The van der Waals surface area contributed by atoms with Crippen molar-refractivity contribution in [3.8, 4) is 17.6 Å². The van der Waals surface area contributed by atoms with Gasteiger partial charge < -0.3 is 5.11 Å². The normalized spacial score (nSPS) is 10.1. The van der Waals surface area contributed by atoms with E-state index in [0.29, 0.717) is 16.3 Å². The molecule has 0 saturated heterocycles. The van der Waals surface area contributed by atoms with Gasteiger partial charge in [-0.05, 0) is 30.7 Å². The minimum Gasteiger partial charge on any atom is -0.493 e. The Morgan fingerprint density at radius 2 is 2.11 bits per heavy atom. The lowest BCUT2D eigenvalue weighted by Crippen LogP contribution is -2.19. The van der Waals surface area contributed by atoms with Gasteiger partial charge in [-0.2, -0.15) is 5.26 Å². The van der Waals surface area contributed by atoms with Crippen molar-refractivity contribution in [3.63, 3.8) is 0 Å². The van der Waals surface area contributed by atoms with Gasteiger partial charge in [0.2, 0.25) is 5.88 Å². The van der Waals surface area contributed by atoms with Crippen molar-refractivity contribution in [2.45, 2.75) is 6.92 Å². The molecule has 0 aliphatic carbocycles. The van der Waals surface area contributed by atoms with Crippen molar-refractivity contribution in [2.24, 2.45) is 0 Å². The number of rotatable bonds is 1. The molecule has 1 aromatic carbocycles. The largest absolute Gasteiger partial charge is 0.493 e. The van der Waals surface area contributed by atoms with Gasteiger partial charge in [0.15, 0.2) is 0 Å². The Kier molecular flexibility index (Phi) is 3.09. The number of aromatic hydroxyl groups is 1. The fourth-order valence-electron chi connectivity index (χ4n) is 1.72. The molecule has 0 radical (unpaired) electrons. The molecule has 90 valence electrons. The predicted octanol–water partition coefficient (Wildman–Crippen LogP) is 2.38. The number of aromatic nitrogens is 1. The first-order chi connectivity index (χ1) is 8.54. The Labute approximate surface area is 108 Å². The molecule has 0 amide bonds. The fraction of sp³-hybridized carbons (Fsp3) is 0.0769. The van der Waals surface area contributed by atoms with Gasteiger partial charge in [-0.15, -0.1) is 0 Å². The molecule has 1 aromatic heterocycles. The van der Waals surface area contributed by atoms with Crippen LogP contribution in [0.25, 0.3) is 5.69 Å². The summed E-state index contributed by atoms with van der Waals surface area (Å²) in [6, 6.07) is 9.67. The van der Waals surface area contributed by atoms with E-state index in [1.165, 1.54) is 6.07 Å². The number of hydrogen-bond donors (Lipinski definition) is 1. The zero-order valence-electron chi connectivity index (χ0n) is 9.51. The SMILES string of the molecule is Cc1cc(=O)n(-c2cccc(Cl)c2)c(O)c1C#N. The Balaban J connectivity index is 2.81. The summed E-state index contributed by atoms with van der Waals surface area (Å²) in [6.07, 6.45) is 0. The van der Waals surface area contributed by atoms with Crippen molar-refractivity contribution in [3.05, 3.63) is 56.8 Å². The van der Waals surface area contributed by atoms with Gasteiger partial charge in [0, 0.05) is 11.1 Å². The minimum absolute atomic E-state index is 0.0783. The molecule has 0 spiro atoms. The van der Waals surface area contributed by atoms with E-state index in [1.54, 1.807) is 31.2 Å². The summed E-state index contributed by atoms with van der Waals surface area (Å²) < 4.78 is 1.05. The van der Waals surface area contributed by atoms with Crippen LogP contribution in [0.4, 0.5) is 0 Å². The van der Waals surface area contributed by atoms with E-state index >= 15 is 0 Å². The zero-order chi connectivity index (χ0) is 13.3. The topological polar surface area (TPSA) is 66.0 Å². The van der Waals surface area contributed by atoms with E-state index < -0.39 is 5.56 Å². The van der Waals surface area contributed by atoms with Crippen molar-refractivity contribution in [1.29, 1.82) is 5.26 Å². The summed E-state index contributed by atoms with van der Waals surface area (Å²) in [7, 11) is 0. The summed E-state index contributed by atoms with van der Waals surface area (Å²) in [5, 5.41) is 19.4. The second kappa shape index (κ2) is 4.55. The van der Waals surface area contributed by atoms with E-state index in [9.17, 15) is 9.90 Å². The number of nitrogens with zero attached hydrogens (tertiary/aromatic N) is 2. The third-order valence-electron chi connectivity index (χ3n) is 2.57. The molecule has 1 N–H and O–H groups in total. The summed E-state index contributed by atoms with van der Waals surface area (Å²) in [5.41, 5.74) is 0.528. The van der Waals surface area contributed by atoms with E-state index in [4.69, 9.17) is 16.9 Å². The molecule has 0 atom stereocenters. The second-order valence-electron chi connectivity index (χ2n) is 3.79. The Morgan fingerprint density at radius 3 is 2.72 bits per heavy atom. The van der Waals surface area contributed by atoms with Crippen LogP contribution in [0.5, 0.6) is 5.88 Å². The lowest BCUT2D eigenvalue weighted by Gasteiger charge is -2.11. The van der Waals surface area contributed by atoms with Crippen molar-refractivity contribution < 1.29 is 5.11 Å². The number of benzene rings is 1. The maximum absolute atomic E-state index is 11.9. The number of aryl methyl sites for hydroxylation is 1. The smallest absolute Gasteiger partial charge is 0.258 e. The first-order valence-corrected chi connectivity index (χ1v) is 5.54. The van der Waals surface area contributed by atoms with E-state index in [2.05, 4.69) is 0 Å². The van der Waals surface area contributed by atoms with E-state index in [0.717, 1.165) is 4.57 Å². The predicted molar refractivity (Wildman–Crippen MR) is 68.2 cm³/mol. The molecule has 0 unspecified atom stereocenters. The van der Waals surface area contributed by atoms with E-state index in [-0.39, 0.29) is 11.4 Å². The highest BCUT2D eigenvalue weighted by molar-refractivity contribution is 6.30. The molecule has 2 aromatic rings. The van der Waals surface area contributed by atoms with Gasteiger partial charge in [0.1, 0.15) is 11.6 Å². The highest BCUT2D eigenvalue weighted by atomic mass is 35.5. The van der Waals surface area contributed by atoms with E-state index in [1.807, 2.05) is 6.07 Å². The average molecular weight is 261 g/mol. The van der Waals surface area contributed by atoms with Crippen LogP contribution in [0, 0.1) is 18.3 Å². The summed E-state index contributed by atoms with van der Waals surface area (Å²) in [4.78, 5) is 11.9.